The normalized spacial score (nSPS) is 12.6. The fourth-order valence-corrected chi connectivity index (χ4v) is 3.10. The number of hydrogen-bond donors (Lipinski definition) is 1. The van der Waals surface area contributed by atoms with Crippen LogP contribution in [0.1, 0.15) is 17.2 Å². The van der Waals surface area contributed by atoms with Crippen molar-refractivity contribution in [2.45, 2.75) is 12.5 Å². The van der Waals surface area contributed by atoms with Crippen molar-refractivity contribution in [3.8, 4) is 0 Å². The van der Waals surface area contributed by atoms with Crippen LogP contribution in [0.15, 0.2) is 39.5 Å². The van der Waals surface area contributed by atoms with Gasteiger partial charge >= 0.3 is 0 Å². The lowest BCUT2D eigenvalue weighted by Crippen LogP contribution is -2.19. The first-order chi connectivity index (χ1) is 8.20. The molecule has 0 fully saturated rings. The number of hydrogen-bond acceptors (Lipinski definition) is 2. The van der Waals surface area contributed by atoms with Crippen molar-refractivity contribution < 1.29 is 0 Å². The van der Waals surface area contributed by atoms with Gasteiger partial charge in [0, 0.05) is 15.5 Å². The number of likely N-dealkylation sites (N-methyl/N-ethyl adjacent to an activating group) is 1. The zero-order chi connectivity index (χ0) is 12.3. The van der Waals surface area contributed by atoms with Crippen molar-refractivity contribution in [2.24, 2.45) is 0 Å². The Hall–Kier alpha value is -0.350. The van der Waals surface area contributed by atoms with Crippen LogP contribution in [0.4, 0.5) is 0 Å². The number of benzene rings is 1. The Labute approximate surface area is 119 Å². The summed E-state index contributed by atoms with van der Waals surface area (Å²) in [6.45, 7) is 0. The molecule has 0 saturated carbocycles. The standard InChI is InChI=1S/C13H13BrClNS/c1-16-13(6-9-4-5-17-8-9)11-7-10(14)2-3-12(11)15/h2-5,7-8,13,16H,6H2,1H3. The summed E-state index contributed by atoms with van der Waals surface area (Å²) < 4.78 is 1.06. The number of rotatable bonds is 4. The number of nitrogens with one attached hydrogen (secondary N) is 1. The molecule has 90 valence electrons. The van der Waals surface area contributed by atoms with Crippen LogP contribution >= 0.6 is 38.9 Å². The molecule has 17 heavy (non-hydrogen) atoms. The molecule has 0 aliphatic heterocycles. The Bertz CT molecular complexity index is 484. The fourth-order valence-electron chi connectivity index (χ4n) is 1.79. The van der Waals surface area contributed by atoms with E-state index in [0.29, 0.717) is 0 Å². The average Bonchev–Trinajstić information content (AvgIpc) is 2.82. The van der Waals surface area contributed by atoms with Crippen molar-refractivity contribution in [1.82, 2.24) is 5.32 Å². The van der Waals surface area contributed by atoms with Crippen molar-refractivity contribution >= 4 is 38.9 Å². The van der Waals surface area contributed by atoms with E-state index in [0.717, 1.165) is 21.5 Å². The summed E-state index contributed by atoms with van der Waals surface area (Å²) in [5, 5.41) is 8.41. The van der Waals surface area contributed by atoms with E-state index < -0.39 is 0 Å². The van der Waals surface area contributed by atoms with E-state index in [-0.39, 0.29) is 6.04 Å². The maximum absolute atomic E-state index is 6.25. The predicted octanol–water partition coefficient (Wildman–Crippen LogP) is 4.67. The van der Waals surface area contributed by atoms with Gasteiger partial charge in [0.2, 0.25) is 0 Å². The molecule has 1 aromatic heterocycles. The number of halogens is 2. The van der Waals surface area contributed by atoms with Crippen LogP contribution in [0, 0.1) is 0 Å². The van der Waals surface area contributed by atoms with Crippen LogP contribution in [-0.4, -0.2) is 7.05 Å². The Morgan fingerprint density at radius 2 is 2.24 bits per heavy atom. The highest BCUT2D eigenvalue weighted by Gasteiger charge is 2.14. The molecule has 1 N–H and O–H groups in total. The zero-order valence-corrected chi connectivity index (χ0v) is 12.6. The van der Waals surface area contributed by atoms with Gasteiger partial charge in [-0.1, -0.05) is 27.5 Å². The van der Waals surface area contributed by atoms with E-state index in [2.05, 4.69) is 44.1 Å². The lowest BCUT2D eigenvalue weighted by atomic mass is 10.0. The van der Waals surface area contributed by atoms with Gasteiger partial charge in [0.25, 0.3) is 0 Å². The summed E-state index contributed by atoms with van der Waals surface area (Å²) in [7, 11) is 1.97. The highest BCUT2D eigenvalue weighted by Crippen LogP contribution is 2.28. The van der Waals surface area contributed by atoms with E-state index in [1.807, 2.05) is 19.2 Å². The second kappa shape index (κ2) is 6.01. The fraction of sp³-hybridized carbons (Fsp3) is 0.231. The molecule has 0 radical (unpaired) electrons. The van der Waals surface area contributed by atoms with Crippen molar-refractivity contribution in [3.05, 3.63) is 55.6 Å². The Morgan fingerprint density at radius 1 is 1.41 bits per heavy atom. The Kier molecular flexibility index (Phi) is 4.62. The molecule has 1 atom stereocenters. The van der Waals surface area contributed by atoms with E-state index in [4.69, 9.17) is 11.6 Å². The van der Waals surface area contributed by atoms with E-state index in [9.17, 15) is 0 Å². The third kappa shape index (κ3) is 3.32. The van der Waals surface area contributed by atoms with E-state index in [1.54, 1.807) is 11.3 Å². The molecular formula is C13H13BrClNS. The predicted molar refractivity (Wildman–Crippen MR) is 79.0 cm³/mol. The van der Waals surface area contributed by atoms with Crippen LogP contribution in [0.25, 0.3) is 0 Å². The minimum atomic E-state index is 0.245. The largest absolute Gasteiger partial charge is 0.313 e. The molecule has 0 saturated heterocycles. The van der Waals surface area contributed by atoms with Crippen LogP contribution in [0.2, 0.25) is 5.02 Å². The molecule has 0 aliphatic rings. The highest BCUT2D eigenvalue weighted by molar-refractivity contribution is 9.10. The van der Waals surface area contributed by atoms with E-state index in [1.165, 1.54) is 5.56 Å². The molecular weight excluding hydrogens is 318 g/mol. The van der Waals surface area contributed by atoms with Crippen molar-refractivity contribution in [3.63, 3.8) is 0 Å². The summed E-state index contributed by atoms with van der Waals surface area (Å²) >= 11 is 11.5. The van der Waals surface area contributed by atoms with Gasteiger partial charge in [0.15, 0.2) is 0 Å². The second-order valence-electron chi connectivity index (χ2n) is 3.84. The first-order valence-electron chi connectivity index (χ1n) is 5.34. The third-order valence-electron chi connectivity index (χ3n) is 2.70. The maximum Gasteiger partial charge on any atom is 0.0454 e. The third-order valence-corrected chi connectivity index (χ3v) is 4.27. The van der Waals surface area contributed by atoms with Crippen LogP contribution in [-0.2, 0) is 6.42 Å². The minimum Gasteiger partial charge on any atom is -0.313 e. The molecule has 0 amide bonds. The van der Waals surface area contributed by atoms with Gasteiger partial charge in [-0.15, -0.1) is 0 Å². The molecule has 0 spiro atoms. The van der Waals surface area contributed by atoms with Gasteiger partial charge in [-0.2, -0.15) is 11.3 Å². The molecule has 1 aromatic carbocycles. The summed E-state index contributed by atoms with van der Waals surface area (Å²) in [5.41, 5.74) is 2.47. The average molecular weight is 331 g/mol. The summed E-state index contributed by atoms with van der Waals surface area (Å²) in [6, 6.07) is 8.37. The molecule has 1 nitrogen and oxygen atoms in total. The monoisotopic (exact) mass is 329 g/mol. The lowest BCUT2D eigenvalue weighted by molar-refractivity contribution is 0.593. The second-order valence-corrected chi connectivity index (χ2v) is 5.95. The van der Waals surface area contributed by atoms with Gasteiger partial charge in [0.05, 0.1) is 0 Å². The first-order valence-corrected chi connectivity index (χ1v) is 7.45. The van der Waals surface area contributed by atoms with E-state index >= 15 is 0 Å². The topological polar surface area (TPSA) is 12.0 Å². The SMILES string of the molecule is CNC(Cc1ccsc1)c1cc(Br)ccc1Cl. The molecule has 1 heterocycles. The van der Waals surface area contributed by atoms with Crippen LogP contribution in [0.3, 0.4) is 0 Å². The van der Waals surface area contributed by atoms with Gasteiger partial charge in [-0.3, -0.25) is 0 Å². The van der Waals surface area contributed by atoms with Gasteiger partial charge < -0.3 is 5.32 Å². The van der Waals surface area contributed by atoms with Crippen LogP contribution in [0.5, 0.6) is 0 Å². The molecule has 1 unspecified atom stereocenters. The summed E-state index contributed by atoms with van der Waals surface area (Å²) in [6.07, 6.45) is 0.955. The molecule has 0 bridgehead atoms. The quantitative estimate of drug-likeness (QED) is 0.859. The van der Waals surface area contributed by atoms with Gasteiger partial charge in [-0.25, -0.2) is 0 Å². The molecule has 2 aromatic rings. The molecule has 4 heteroatoms. The Balaban J connectivity index is 2.25. The summed E-state index contributed by atoms with van der Waals surface area (Å²) in [4.78, 5) is 0. The van der Waals surface area contributed by atoms with Crippen molar-refractivity contribution in [1.29, 1.82) is 0 Å². The molecule has 2 rings (SSSR count). The smallest absolute Gasteiger partial charge is 0.0454 e. The van der Waals surface area contributed by atoms with Crippen LogP contribution < -0.4 is 5.32 Å². The lowest BCUT2D eigenvalue weighted by Gasteiger charge is -2.17. The maximum atomic E-state index is 6.25. The molecule has 0 aliphatic carbocycles. The highest BCUT2D eigenvalue weighted by atomic mass is 79.9. The van der Waals surface area contributed by atoms with Gasteiger partial charge in [0.1, 0.15) is 0 Å². The first kappa shape index (κ1) is 13.1. The number of thiophene rings is 1. The van der Waals surface area contributed by atoms with Crippen molar-refractivity contribution in [2.75, 3.05) is 7.05 Å². The minimum absolute atomic E-state index is 0.245. The van der Waals surface area contributed by atoms with Gasteiger partial charge in [-0.05, 0) is 59.6 Å². The summed E-state index contributed by atoms with van der Waals surface area (Å²) in [5.74, 6) is 0. The Morgan fingerprint density at radius 3 is 2.88 bits per heavy atom. The zero-order valence-electron chi connectivity index (χ0n) is 9.41.